The van der Waals surface area contributed by atoms with Crippen LogP contribution in [0.5, 0.6) is 5.75 Å². The van der Waals surface area contributed by atoms with Crippen molar-refractivity contribution in [2.75, 3.05) is 18.5 Å². The molecule has 5 fully saturated rings. The second kappa shape index (κ2) is 9.14. The van der Waals surface area contributed by atoms with Gasteiger partial charge in [0.1, 0.15) is 18.5 Å². The maximum absolute atomic E-state index is 13.3. The van der Waals surface area contributed by atoms with Gasteiger partial charge in [-0.15, -0.1) is 0 Å². The number of amides is 1. The van der Waals surface area contributed by atoms with Crippen molar-refractivity contribution < 1.29 is 28.9 Å². The van der Waals surface area contributed by atoms with E-state index in [0.717, 1.165) is 48.3 Å². The van der Waals surface area contributed by atoms with E-state index in [4.69, 9.17) is 19.3 Å². The molecule has 7 nitrogen and oxygen atoms in total. The van der Waals surface area contributed by atoms with Gasteiger partial charge in [0.15, 0.2) is 5.79 Å². The number of carboxylic acids is 1. The van der Waals surface area contributed by atoms with Crippen molar-refractivity contribution in [3.05, 3.63) is 59.2 Å². The molecule has 0 spiro atoms. The van der Waals surface area contributed by atoms with Crippen LogP contribution in [0.1, 0.15) is 78.7 Å². The fourth-order valence-corrected chi connectivity index (χ4v) is 7.58. The monoisotopic (exact) mass is 505 g/mol. The van der Waals surface area contributed by atoms with Crippen molar-refractivity contribution in [1.29, 1.82) is 0 Å². The Labute approximate surface area is 217 Å². The van der Waals surface area contributed by atoms with E-state index in [2.05, 4.69) is 5.32 Å². The molecule has 7 rings (SSSR count). The molecule has 0 radical (unpaired) electrons. The zero-order valence-electron chi connectivity index (χ0n) is 21.5. The highest BCUT2D eigenvalue weighted by Gasteiger charge is 2.52. The summed E-state index contributed by atoms with van der Waals surface area (Å²) in [6.45, 7) is 4.73. The van der Waals surface area contributed by atoms with Crippen LogP contribution in [0, 0.1) is 17.8 Å². The van der Waals surface area contributed by atoms with Gasteiger partial charge in [-0.2, -0.15) is 0 Å². The van der Waals surface area contributed by atoms with Crippen molar-refractivity contribution in [1.82, 2.24) is 0 Å². The molecule has 196 valence electrons. The van der Waals surface area contributed by atoms with E-state index in [0.29, 0.717) is 24.5 Å². The van der Waals surface area contributed by atoms with Gasteiger partial charge in [-0.3, -0.25) is 4.79 Å². The quantitative estimate of drug-likeness (QED) is 0.506. The molecule has 2 N–H and O–H groups in total. The zero-order valence-corrected chi connectivity index (χ0v) is 21.5. The molecular formula is C30H35NO6. The molecule has 1 heterocycles. The molecule has 1 unspecified atom stereocenters. The van der Waals surface area contributed by atoms with Gasteiger partial charge in [0, 0.05) is 16.8 Å². The van der Waals surface area contributed by atoms with Crippen molar-refractivity contribution in [2.24, 2.45) is 17.8 Å². The van der Waals surface area contributed by atoms with E-state index in [1.807, 2.05) is 32.0 Å². The molecular weight excluding hydrogens is 470 g/mol. The van der Waals surface area contributed by atoms with Crippen molar-refractivity contribution in [3.63, 3.8) is 0 Å². The first kappa shape index (κ1) is 24.4. The van der Waals surface area contributed by atoms with Gasteiger partial charge in [-0.05, 0) is 118 Å². The lowest BCUT2D eigenvalue weighted by molar-refractivity contribution is -0.141. The Kier molecular flexibility index (Phi) is 6.03. The van der Waals surface area contributed by atoms with E-state index < -0.39 is 11.8 Å². The lowest BCUT2D eigenvalue weighted by Crippen LogP contribution is -2.48. The third-order valence-corrected chi connectivity index (χ3v) is 8.73. The smallest absolute Gasteiger partial charge is 0.335 e. The highest BCUT2D eigenvalue weighted by Crippen LogP contribution is 2.62. The van der Waals surface area contributed by atoms with Gasteiger partial charge in [-0.25, -0.2) is 4.79 Å². The summed E-state index contributed by atoms with van der Waals surface area (Å²) in [4.78, 5) is 24.4. The molecule has 2 aromatic rings. The molecule has 4 bridgehead atoms. The molecule has 1 atom stereocenters. The van der Waals surface area contributed by atoms with E-state index in [1.54, 1.807) is 12.1 Å². The van der Waals surface area contributed by atoms with Crippen molar-refractivity contribution >= 4 is 17.6 Å². The summed E-state index contributed by atoms with van der Waals surface area (Å²) in [5, 5.41) is 12.1. The summed E-state index contributed by atoms with van der Waals surface area (Å²) in [7, 11) is 0. The number of carboxylic acid groups (broad SMARTS) is 1. The Morgan fingerprint density at radius 3 is 2.16 bits per heavy atom. The third kappa shape index (κ3) is 4.87. The Balaban J connectivity index is 1.27. The van der Waals surface area contributed by atoms with Gasteiger partial charge in [0.05, 0.1) is 12.2 Å². The maximum atomic E-state index is 13.3. The number of carbonyl (C=O) groups is 2. The molecule has 0 aromatic heterocycles. The van der Waals surface area contributed by atoms with Crippen LogP contribution in [0.15, 0.2) is 42.5 Å². The molecule has 4 aliphatic carbocycles. The van der Waals surface area contributed by atoms with Crippen LogP contribution in [-0.2, 0) is 14.9 Å². The summed E-state index contributed by atoms with van der Waals surface area (Å²) in [6, 6.07) is 12.0. The molecule has 7 heteroatoms. The highest BCUT2D eigenvalue weighted by atomic mass is 16.7. The lowest BCUT2D eigenvalue weighted by Gasteiger charge is -2.57. The summed E-state index contributed by atoms with van der Waals surface area (Å²) >= 11 is 0. The summed E-state index contributed by atoms with van der Waals surface area (Å²) in [5.74, 6) is 1.32. The fourth-order valence-electron chi connectivity index (χ4n) is 7.58. The summed E-state index contributed by atoms with van der Waals surface area (Å²) in [6.07, 6.45) is 7.36. The number of ether oxygens (including phenoxy) is 3. The van der Waals surface area contributed by atoms with Crippen LogP contribution in [0.2, 0.25) is 0 Å². The Bertz CT molecular complexity index is 1170. The van der Waals surface area contributed by atoms with E-state index >= 15 is 0 Å². The predicted octanol–water partition coefficient (Wildman–Crippen LogP) is 5.64. The average Bonchev–Trinajstić information content (AvgIpc) is 3.20. The van der Waals surface area contributed by atoms with Crippen LogP contribution >= 0.6 is 0 Å². The van der Waals surface area contributed by atoms with Crippen LogP contribution in [0.4, 0.5) is 5.69 Å². The minimum Gasteiger partial charge on any atom is -0.490 e. The molecule has 1 saturated heterocycles. The number of rotatable bonds is 7. The molecule has 37 heavy (non-hydrogen) atoms. The predicted molar refractivity (Wildman–Crippen MR) is 138 cm³/mol. The largest absolute Gasteiger partial charge is 0.490 e. The first-order valence-electron chi connectivity index (χ1n) is 13.4. The standard InChI is InChI=1S/C30H35NO6/c1-29(2)36-17-24(37-29)16-35-26-8-5-22(27(32)31-23-6-3-21(4-7-23)28(33)34)12-25(26)30-13-18-9-19(14-30)11-20(10-18)15-30/h3-8,12,18-20,24H,9-11,13-17H2,1-2H3,(H,31,32)(H,33,34). The lowest BCUT2D eigenvalue weighted by atomic mass is 9.48. The number of benzene rings is 2. The Morgan fingerprint density at radius 1 is 0.973 bits per heavy atom. The number of hydrogen-bond donors (Lipinski definition) is 2. The summed E-state index contributed by atoms with van der Waals surface area (Å²) < 4.78 is 18.1. The fraction of sp³-hybridized carbons (Fsp3) is 0.533. The summed E-state index contributed by atoms with van der Waals surface area (Å²) in [5.41, 5.74) is 2.53. The van der Waals surface area contributed by atoms with Crippen LogP contribution in [0.3, 0.4) is 0 Å². The Morgan fingerprint density at radius 2 is 1.59 bits per heavy atom. The van der Waals surface area contributed by atoms with Gasteiger partial charge < -0.3 is 24.6 Å². The third-order valence-electron chi connectivity index (χ3n) is 8.73. The van der Waals surface area contributed by atoms with Gasteiger partial charge >= 0.3 is 5.97 Å². The normalized spacial score (nSPS) is 31.3. The first-order valence-corrected chi connectivity index (χ1v) is 13.4. The number of nitrogens with one attached hydrogen (secondary N) is 1. The number of carbonyl (C=O) groups excluding carboxylic acids is 1. The van der Waals surface area contributed by atoms with Gasteiger partial charge in [-0.1, -0.05) is 0 Å². The highest BCUT2D eigenvalue weighted by molar-refractivity contribution is 6.04. The molecule has 4 saturated carbocycles. The van der Waals surface area contributed by atoms with Crippen LogP contribution in [-0.4, -0.2) is 42.1 Å². The van der Waals surface area contributed by atoms with Crippen molar-refractivity contribution in [2.45, 2.75) is 69.7 Å². The first-order chi connectivity index (χ1) is 17.7. The van der Waals surface area contributed by atoms with Gasteiger partial charge in [0.2, 0.25) is 0 Å². The van der Waals surface area contributed by atoms with Crippen LogP contribution < -0.4 is 10.1 Å². The number of anilines is 1. The molecule has 1 amide bonds. The minimum absolute atomic E-state index is 0.0514. The zero-order chi connectivity index (χ0) is 25.8. The minimum atomic E-state index is -0.994. The maximum Gasteiger partial charge on any atom is 0.335 e. The van der Waals surface area contributed by atoms with E-state index in [1.165, 1.54) is 31.4 Å². The second-order valence-electron chi connectivity index (χ2n) is 12.0. The topological polar surface area (TPSA) is 94.1 Å². The Hall–Kier alpha value is -2.90. The van der Waals surface area contributed by atoms with E-state index in [-0.39, 0.29) is 23.0 Å². The van der Waals surface area contributed by atoms with Gasteiger partial charge in [0.25, 0.3) is 5.91 Å². The number of aromatic carboxylic acids is 1. The second-order valence-corrected chi connectivity index (χ2v) is 12.0. The average molecular weight is 506 g/mol. The van der Waals surface area contributed by atoms with E-state index in [9.17, 15) is 9.59 Å². The molecule has 2 aromatic carbocycles. The van der Waals surface area contributed by atoms with Crippen LogP contribution in [0.25, 0.3) is 0 Å². The van der Waals surface area contributed by atoms with Crippen molar-refractivity contribution in [3.8, 4) is 5.75 Å². The SMILES string of the molecule is CC1(C)OCC(COc2ccc(C(=O)Nc3ccc(C(=O)O)cc3)cc2C23CC4CC(CC(C4)C2)C3)O1. The molecule has 1 aliphatic heterocycles. The number of hydrogen-bond acceptors (Lipinski definition) is 5. The molecule has 5 aliphatic rings.